The van der Waals surface area contributed by atoms with Gasteiger partial charge in [0, 0.05) is 141 Å². The van der Waals surface area contributed by atoms with E-state index in [-0.39, 0.29) is 165 Å². The van der Waals surface area contributed by atoms with E-state index in [4.69, 9.17) is 82.0 Å². The van der Waals surface area contributed by atoms with Crippen LogP contribution < -0.4 is 60.1 Å². The lowest BCUT2D eigenvalue weighted by molar-refractivity contribution is 0.297. The molecule has 0 bridgehead atoms. The molecule has 0 radical (unpaired) electrons. The molecular formula is C100H144N24O16S4. The zero-order chi connectivity index (χ0) is 143. The summed E-state index contributed by atoms with van der Waals surface area (Å²) in [6.45, 7) is -24.9. The van der Waals surface area contributed by atoms with E-state index in [1.165, 1.54) is 77.3 Å². The summed E-state index contributed by atoms with van der Waals surface area (Å²) in [5.74, 6) is -0.904. The summed E-state index contributed by atoms with van der Waals surface area (Å²) >= 11 is 0. The lowest BCUT2D eigenvalue weighted by Crippen LogP contribution is -2.31. The maximum absolute atomic E-state index is 13.5. The third-order valence-electron chi connectivity index (χ3n) is 23.5. The van der Waals surface area contributed by atoms with Crippen molar-refractivity contribution in [3.63, 3.8) is 0 Å². The van der Waals surface area contributed by atoms with E-state index in [9.17, 15) is 52.8 Å². The second-order valence-corrected chi connectivity index (χ2v) is 40.5. The number of hydrogen-bond acceptors (Lipinski definition) is 28. The molecule has 784 valence electrons. The first-order valence-corrected chi connectivity index (χ1v) is 51.9. The lowest BCUT2D eigenvalue weighted by atomic mass is 10.1. The molecule has 12 heterocycles. The summed E-state index contributed by atoms with van der Waals surface area (Å²) in [4.78, 5) is 84.1. The normalized spacial score (nSPS) is 23.5. The Morgan fingerprint density at radius 2 is 0.660 bits per heavy atom. The van der Waals surface area contributed by atoms with Crippen molar-refractivity contribution in [1.82, 2.24) is 117 Å². The molecule has 8 aromatic heterocycles. The molecule has 4 saturated heterocycles. The standard InChI is InChI=1S/4C25H36N6O4S/c4*1-5-8-20-22-23(31(4)29-20)25(32)28-24(27-22)19-16-18(10-11-21(19)35-15-6-2)36(33,34)26-13-12-17-9-7-14-30(17)3/h4*10-11,16-17,26H,5-9,12-15H2,1-4H3,(H,27,28,32)/i1D3,3D3,5D2,8D2,13D2;1D3,3D3,5D2,8D2,13D;1D3,3D3,4D3,5D2,13D;1D3,3D3,4D3,5D2. The number of fused-ring (bicyclic) bond motifs is 4. The highest BCUT2D eigenvalue weighted by molar-refractivity contribution is 7.90. The topological polar surface area (TPSA) is 489 Å². The number of nitrogens with one attached hydrogen (secondary N) is 8. The van der Waals surface area contributed by atoms with E-state index < -0.39 is 282 Å². The summed E-state index contributed by atoms with van der Waals surface area (Å²) in [6, 6.07) is 12.4. The van der Waals surface area contributed by atoms with Gasteiger partial charge in [0.05, 0.1) is 91.0 Å². The van der Waals surface area contributed by atoms with E-state index in [1.54, 1.807) is 6.92 Å². The molecule has 6 unspecified atom stereocenters. The zero-order valence-electron chi connectivity index (χ0n) is 125. The number of rotatable bonds is 44. The van der Waals surface area contributed by atoms with Crippen molar-refractivity contribution in [3.05, 3.63) is 137 Å². The van der Waals surface area contributed by atoms with Crippen molar-refractivity contribution in [2.75, 3.05) is 107 Å². The fourth-order valence-electron chi connectivity index (χ4n) is 16.3. The molecule has 8 N–H and O–H groups in total. The Morgan fingerprint density at radius 3 is 0.972 bits per heavy atom. The number of ether oxygens (including phenoxy) is 4. The minimum absolute atomic E-state index is 0.00360. The first-order valence-electron chi connectivity index (χ1n) is 69.1. The Morgan fingerprint density at radius 1 is 0.368 bits per heavy atom. The lowest BCUT2D eigenvalue weighted by Gasteiger charge is -2.19. The SMILES string of the molecule is [2H]C(CC1CCCN1C([2H])([2H])[2H])NS(=O)(=O)c1ccc(OCCC)c(-c2nc3c(C([2H])([2H])C([2H])([2H])C([2H])([2H])[2H])nn(C)c3c(=O)[nH]2)c1.[2H]C(CC1CCCN1C([2H])([2H])[2H])NS(=O)(=O)c1ccc(OCCC)c(-c2nc3c(CC([2H])([2H])C([2H])([2H])[2H])nn(C([2H])([2H])[2H])c3c(=O)[nH]2)c1.[2H]C([2H])(CC1CCCN1C([2H])([2H])[2H])NS(=O)(=O)c1ccc(OCCC)c(-c2nc3c(C([2H])([2H])C([2H])([2H])C([2H])([2H])[2H])nn(C)c3c(=O)[nH]2)c1.[2H]C([2H])([2H])N1CCCC1CCNS(=O)(=O)c1ccc(OCCC)c(-c2nc3c(CC([2H])([2H])C([2H])([2H])[2H])nn(C([2H])([2H])[2H])c3c(=O)[nH]2)c1. The van der Waals surface area contributed by atoms with Gasteiger partial charge in [0.25, 0.3) is 22.2 Å². The van der Waals surface area contributed by atoms with Gasteiger partial charge >= 0.3 is 0 Å². The molecule has 4 aliphatic heterocycles. The molecule has 6 atom stereocenters. The smallest absolute Gasteiger partial charge is 0.277 e. The monoisotopic (exact) mass is 2110 g/mol. The van der Waals surface area contributed by atoms with Gasteiger partial charge < -0.3 is 58.5 Å². The number of sulfonamides is 4. The molecule has 0 aliphatic carbocycles. The highest BCUT2D eigenvalue weighted by atomic mass is 32.2. The van der Waals surface area contributed by atoms with Crippen molar-refractivity contribution in [2.24, 2.45) is 28.0 Å². The minimum Gasteiger partial charge on any atom is -0.493 e. The van der Waals surface area contributed by atoms with Crippen LogP contribution in [0.1, 0.15) is 269 Å². The van der Waals surface area contributed by atoms with Crippen LogP contribution in [0.4, 0.5) is 0 Å². The molecule has 4 fully saturated rings. The minimum atomic E-state index is -4.64. The summed E-state index contributed by atoms with van der Waals surface area (Å²) in [7, 11) is -15.1. The fraction of sp³-hybridized carbons (Fsp3) is 0.560. The second-order valence-electron chi connectivity index (χ2n) is 33.6. The quantitative estimate of drug-likeness (QED) is 0.0176. The molecule has 0 amide bonds. The van der Waals surface area contributed by atoms with Crippen molar-refractivity contribution in [3.8, 4) is 68.5 Å². The summed E-state index contributed by atoms with van der Waals surface area (Å²) in [6.07, 6.45) is -14.9. The van der Waals surface area contributed by atoms with E-state index in [1.807, 2.05) is 25.5 Å². The third-order valence-corrected chi connectivity index (χ3v) is 28.9. The molecule has 0 saturated carbocycles. The van der Waals surface area contributed by atoms with Crippen LogP contribution in [-0.2, 0) is 93.7 Å². The molecule has 44 heteroatoms. The van der Waals surface area contributed by atoms with Crippen molar-refractivity contribution in [2.45, 2.75) is 253 Å². The molecule has 16 rings (SSSR count). The Labute approximate surface area is 907 Å². The highest BCUT2D eigenvalue weighted by Gasteiger charge is 2.32. The predicted octanol–water partition coefficient (Wildman–Crippen LogP) is 11.3. The van der Waals surface area contributed by atoms with E-state index in [0.29, 0.717) is 106 Å². The van der Waals surface area contributed by atoms with Crippen LogP contribution in [0.15, 0.2) is 112 Å². The number of likely N-dealkylation sites (tertiary alicyclic amines) is 4. The largest absolute Gasteiger partial charge is 0.493 e. The van der Waals surface area contributed by atoms with Crippen LogP contribution in [0.2, 0.25) is 0 Å². The third kappa shape index (κ3) is 26.5. The fourth-order valence-corrected chi connectivity index (χ4v) is 20.3. The Balaban J connectivity index is 0.000000205. The number of aromatic amines is 4. The summed E-state index contributed by atoms with van der Waals surface area (Å²) < 4.78 is 504. The summed E-state index contributed by atoms with van der Waals surface area (Å²) in [5.41, 5.74) is -9.82. The van der Waals surface area contributed by atoms with Gasteiger partial charge in [-0.3, -0.25) is 37.9 Å². The van der Waals surface area contributed by atoms with E-state index in [2.05, 4.69) is 74.4 Å². The van der Waals surface area contributed by atoms with Gasteiger partial charge in [0.2, 0.25) is 40.1 Å². The number of aryl methyl sites for hydroxylation is 8. The van der Waals surface area contributed by atoms with Gasteiger partial charge in [-0.05, 0) is 255 Å². The number of H-pyrrole nitrogens is 4. The zero-order valence-corrected chi connectivity index (χ0v) is 82.6. The number of hydrogen-bond donors (Lipinski definition) is 8. The van der Waals surface area contributed by atoms with E-state index >= 15 is 0 Å². The average Bonchev–Trinajstić information content (AvgIpc) is 1.57. The van der Waals surface area contributed by atoms with Crippen LogP contribution in [0.25, 0.3) is 89.7 Å². The number of benzene rings is 4. The van der Waals surface area contributed by atoms with Crippen LogP contribution >= 0.6 is 0 Å². The van der Waals surface area contributed by atoms with Crippen LogP contribution in [0, 0.1) is 0 Å². The number of nitrogens with zero attached hydrogens (tertiary/aromatic N) is 16. The second kappa shape index (κ2) is 49.9. The molecule has 4 aliphatic rings. The molecule has 40 nitrogen and oxygen atoms in total. The molecule has 0 spiro atoms. The maximum Gasteiger partial charge on any atom is 0.277 e. The van der Waals surface area contributed by atoms with Crippen LogP contribution in [0.3, 0.4) is 0 Å². The first kappa shape index (κ1) is 63.5. The molecular weight excluding hydrogens is 1920 g/mol. The van der Waals surface area contributed by atoms with E-state index in [0.717, 1.165) is 38.5 Å². The van der Waals surface area contributed by atoms with Gasteiger partial charge in [-0.2, -0.15) is 20.4 Å². The molecule has 144 heavy (non-hydrogen) atoms. The first-order chi connectivity index (χ1) is 86.9. The predicted molar refractivity (Wildman–Crippen MR) is 559 cm³/mol. The number of aromatic nitrogens is 16. The van der Waals surface area contributed by atoms with Crippen molar-refractivity contribution >= 4 is 84.2 Å². The van der Waals surface area contributed by atoms with Gasteiger partial charge in [-0.25, -0.2) is 72.5 Å². The van der Waals surface area contributed by atoms with Gasteiger partial charge in [0.15, 0.2) is 22.1 Å². The molecule has 12 aromatic rings. The highest BCUT2D eigenvalue weighted by Crippen LogP contribution is 2.38. The van der Waals surface area contributed by atoms with Gasteiger partial charge in [-0.1, -0.05) is 80.6 Å². The van der Waals surface area contributed by atoms with Crippen molar-refractivity contribution < 1.29 is 116 Å². The summed E-state index contributed by atoms with van der Waals surface area (Å²) in [5, 5.41) is 15.6. The van der Waals surface area contributed by atoms with Crippen LogP contribution in [-0.4, -0.2) is 263 Å². The average molecular weight is 2110 g/mol. The van der Waals surface area contributed by atoms with Gasteiger partial charge in [-0.15, -0.1) is 0 Å². The maximum atomic E-state index is 13.5. The van der Waals surface area contributed by atoms with Crippen molar-refractivity contribution in [1.29, 1.82) is 0 Å². The van der Waals surface area contributed by atoms with Gasteiger partial charge in [0.1, 0.15) is 68.4 Å². The van der Waals surface area contributed by atoms with Crippen LogP contribution in [0.5, 0.6) is 23.0 Å². The Kier molecular flexibility index (Phi) is 22.0. The Hall–Kier alpha value is -11.0. The Bertz CT molecular complexity index is 9290. The molecule has 4 aromatic carbocycles.